The Morgan fingerprint density at radius 3 is 2.72 bits per heavy atom. The first-order valence-corrected chi connectivity index (χ1v) is 7.45. The summed E-state index contributed by atoms with van der Waals surface area (Å²) in [5, 5.41) is 3.66. The Hall–Kier alpha value is -0.120. The Bertz CT molecular complexity index is 231. The molecule has 0 saturated carbocycles. The fraction of sp³-hybridized carbons (Fsp3) is 1.00. The zero-order valence-electron chi connectivity index (χ0n) is 13.0. The summed E-state index contributed by atoms with van der Waals surface area (Å²) in [7, 11) is 1.79. The number of rotatable bonds is 7. The Balaban J connectivity index is 2.46. The molecule has 0 aromatic heterocycles. The van der Waals surface area contributed by atoms with E-state index in [1.807, 2.05) is 0 Å². The molecule has 3 nitrogen and oxygen atoms in total. The molecule has 1 fully saturated rings. The van der Waals surface area contributed by atoms with Gasteiger partial charge in [0, 0.05) is 45.4 Å². The van der Waals surface area contributed by atoms with Crippen molar-refractivity contribution in [3.63, 3.8) is 0 Å². The molecule has 0 aliphatic carbocycles. The summed E-state index contributed by atoms with van der Waals surface area (Å²) in [6.07, 6.45) is 3.70. The fourth-order valence-electron chi connectivity index (χ4n) is 2.76. The topological polar surface area (TPSA) is 24.5 Å². The number of methoxy groups -OCH3 is 1. The monoisotopic (exact) mass is 256 g/mol. The van der Waals surface area contributed by atoms with Gasteiger partial charge in [0.1, 0.15) is 0 Å². The summed E-state index contributed by atoms with van der Waals surface area (Å²) >= 11 is 0. The van der Waals surface area contributed by atoms with Crippen LogP contribution in [0, 0.1) is 5.41 Å². The third-order valence-corrected chi connectivity index (χ3v) is 4.03. The molecule has 0 radical (unpaired) electrons. The van der Waals surface area contributed by atoms with Crippen molar-refractivity contribution < 1.29 is 4.74 Å². The Morgan fingerprint density at radius 2 is 2.11 bits per heavy atom. The highest BCUT2D eigenvalue weighted by molar-refractivity contribution is 4.86. The van der Waals surface area contributed by atoms with Gasteiger partial charge < -0.3 is 10.1 Å². The van der Waals surface area contributed by atoms with Crippen LogP contribution in [0.5, 0.6) is 0 Å². The first-order valence-electron chi connectivity index (χ1n) is 7.45. The molecule has 2 unspecified atom stereocenters. The van der Waals surface area contributed by atoms with Crippen molar-refractivity contribution in [1.29, 1.82) is 0 Å². The number of hydrogen-bond donors (Lipinski definition) is 1. The number of hydrogen-bond acceptors (Lipinski definition) is 3. The number of nitrogens with zero attached hydrogens (tertiary/aromatic N) is 1. The number of nitrogens with one attached hydrogen (secondary N) is 1. The molecule has 1 heterocycles. The SMILES string of the molecule is CCCC1CN(CC(C)(C)CCOC)C(C)CN1. The molecule has 1 rings (SSSR count). The van der Waals surface area contributed by atoms with Crippen LogP contribution in [0.4, 0.5) is 0 Å². The molecular formula is C15H32N2O. The van der Waals surface area contributed by atoms with Gasteiger partial charge in [0.05, 0.1) is 0 Å². The van der Waals surface area contributed by atoms with E-state index in [0.29, 0.717) is 17.5 Å². The van der Waals surface area contributed by atoms with E-state index in [-0.39, 0.29) is 0 Å². The highest BCUT2D eigenvalue weighted by Gasteiger charge is 2.29. The van der Waals surface area contributed by atoms with Crippen molar-refractivity contribution in [3.8, 4) is 0 Å². The van der Waals surface area contributed by atoms with E-state index >= 15 is 0 Å². The van der Waals surface area contributed by atoms with Crippen LogP contribution in [0.25, 0.3) is 0 Å². The van der Waals surface area contributed by atoms with E-state index in [0.717, 1.165) is 19.6 Å². The predicted molar refractivity (Wildman–Crippen MR) is 78.0 cm³/mol. The standard InChI is InChI=1S/C15H32N2O/c1-6-7-14-11-17(13(2)10-16-14)12-15(3,4)8-9-18-5/h13-14,16H,6-12H2,1-5H3. The molecular weight excluding hydrogens is 224 g/mol. The largest absolute Gasteiger partial charge is 0.385 e. The normalized spacial score (nSPS) is 26.5. The maximum Gasteiger partial charge on any atom is 0.0467 e. The van der Waals surface area contributed by atoms with Crippen LogP contribution in [0.1, 0.15) is 47.0 Å². The van der Waals surface area contributed by atoms with Gasteiger partial charge in [-0.05, 0) is 25.2 Å². The quantitative estimate of drug-likeness (QED) is 0.757. The van der Waals surface area contributed by atoms with Gasteiger partial charge in [-0.3, -0.25) is 4.90 Å². The minimum atomic E-state index is 0.346. The average molecular weight is 256 g/mol. The van der Waals surface area contributed by atoms with Gasteiger partial charge in [0.2, 0.25) is 0 Å². The average Bonchev–Trinajstić information content (AvgIpc) is 2.31. The van der Waals surface area contributed by atoms with Crippen molar-refractivity contribution in [2.45, 2.75) is 59.0 Å². The molecule has 0 aromatic rings. The second kappa shape index (κ2) is 7.46. The second-order valence-corrected chi connectivity index (χ2v) is 6.58. The molecule has 18 heavy (non-hydrogen) atoms. The van der Waals surface area contributed by atoms with E-state index in [1.165, 1.54) is 25.9 Å². The third-order valence-electron chi connectivity index (χ3n) is 4.03. The Kier molecular flexibility index (Phi) is 6.61. The Morgan fingerprint density at radius 1 is 1.39 bits per heavy atom. The molecule has 0 bridgehead atoms. The highest BCUT2D eigenvalue weighted by Crippen LogP contribution is 2.24. The lowest BCUT2D eigenvalue weighted by atomic mass is 9.88. The summed E-state index contributed by atoms with van der Waals surface area (Å²) in [5.74, 6) is 0. The van der Waals surface area contributed by atoms with Crippen molar-refractivity contribution in [2.75, 3.05) is 33.4 Å². The highest BCUT2D eigenvalue weighted by atomic mass is 16.5. The minimum Gasteiger partial charge on any atom is -0.385 e. The lowest BCUT2D eigenvalue weighted by molar-refractivity contribution is 0.0696. The first-order chi connectivity index (χ1) is 8.48. The van der Waals surface area contributed by atoms with Crippen LogP contribution in [0.3, 0.4) is 0 Å². The van der Waals surface area contributed by atoms with Crippen LogP contribution < -0.4 is 5.32 Å². The number of piperazine rings is 1. The molecule has 1 saturated heterocycles. The van der Waals surface area contributed by atoms with E-state index in [9.17, 15) is 0 Å². The summed E-state index contributed by atoms with van der Waals surface area (Å²) < 4.78 is 5.22. The van der Waals surface area contributed by atoms with E-state index in [1.54, 1.807) is 7.11 Å². The maximum atomic E-state index is 5.22. The van der Waals surface area contributed by atoms with E-state index in [2.05, 4.69) is 37.9 Å². The molecule has 2 atom stereocenters. The molecule has 1 aliphatic heterocycles. The van der Waals surface area contributed by atoms with Gasteiger partial charge >= 0.3 is 0 Å². The Labute approximate surface area is 113 Å². The van der Waals surface area contributed by atoms with Gasteiger partial charge in [-0.15, -0.1) is 0 Å². The van der Waals surface area contributed by atoms with Crippen molar-refractivity contribution >= 4 is 0 Å². The van der Waals surface area contributed by atoms with Gasteiger partial charge in [-0.2, -0.15) is 0 Å². The van der Waals surface area contributed by atoms with E-state index < -0.39 is 0 Å². The molecule has 0 amide bonds. The lowest BCUT2D eigenvalue weighted by Gasteiger charge is -2.42. The molecule has 0 spiro atoms. The summed E-state index contributed by atoms with van der Waals surface area (Å²) in [4.78, 5) is 2.66. The third kappa shape index (κ3) is 5.25. The van der Waals surface area contributed by atoms with Crippen LogP contribution in [-0.4, -0.2) is 50.3 Å². The maximum absolute atomic E-state index is 5.22. The lowest BCUT2D eigenvalue weighted by Crippen LogP contribution is -2.57. The van der Waals surface area contributed by atoms with Crippen molar-refractivity contribution in [2.24, 2.45) is 5.41 Å². The zero-order chi connectivity index (χ0) is 13.6. The molecule has 0 aromatic carbocycles. The summed E-state index contributed by atoms with van der Waals surface area (Å²) in [6, 6.07) is 1.34. The fourth-order valence-corrected chi connectivity index (χ4v) is 2.76. The predicted octanol–water partition coefficient (Wildman–Crippen LogP) is 2.51. The van der Waals surface area contributed by atoms with Crippen LogP contribution in [0.15, 0.2) is 0 Å². The van der Waals surface area contributed by atoms with Gasteiger partial charge in [0.25, 0.3) is 0 Å². The second-order valence-electron chi connectivity index (χ2n) is 6.58. The van der Waals surface area contributed by atoms with Gasteiger partial charge in [-0.1, -0.05) is 27.2 Å². The smallest absolute Gasteiger partial charge is 0.0467 e. The van der Waals surface area contributed by atoms with Crippen LogP contribution in [-0.2, 0) is 4.74 Å². The zero-order valence-corrected chi connectivity index (χ0v) is 13.0. The van der Waals surface area contributed by atoms with Crippen molar-refractivity contribution in [3.05, 3.63) is 0 Å². The van der Waals surface area contributed by atoms with E-state index in [4.69, 9.17) is 4.74 Å². The molecule has 1 N–H and O–H groups in total. The molecule has 108 valence electrons. The van der Waals surface area contributed by atoms with Crippen LogP contribution in [0.2, 0.25) is 0 Å². The van der Waals surface area contributed by atoms with Crippen molar-refractivity contribution in [1.82, 2.24) is 10.2 Å². The summed E-state index contributed by atoms with van der Waals surface area (Å²) in [6.45, 7) is 13.7. The molecule has 3 heteroatoms. The first kappa shape index (κ1) is 15.9. The minimum absolute atomic E-state index is 0.346. The van der Waals surface area contributed by atoms with Gasteiger partial charge in [0.15, 0.2) is 0 Å². The summed E-state index contributed by atoms with van der Waals surface area (Å²) in [5.41, 5.74) is 0.346. The van der Waals surface area contributed by atoms with Crippen LogP contribution >= 0.6 is 0 Å². The number of ether oxygens (including phenoxy) is 1. The molecule has 1 aliphatic rings. The van der Waals surface area contributed by atoms with Gasteiger partial charge in [-0.25, -0.2) is 0 Å².